The molecule has 0 saturated heterocycles. The van der Waals surface area contributed by atoms with Crippen LogP contribution in [0.1, 0.15) is 31.9 Å². The topological polar surface area (TPSA) is 78.8 Å². The van der Waals surface area contributed by atoms with Gasteiger partial charge in [0.25, 0.3) is 5.91 Å². The van der Waals surface area contributed by atoms with Gasteiger partial charge in [0.2, 0.25) is 10.0 Å². The normalized spacial score (nSPS) is 12.5. The van der Waals surface area contributed by atoms with E-state index in [4.69, 9.17) is 0 Å². The second kappa shape index (κ2) is 8.98. The number of rotatable bonds is 6. The van der Waals surface area contributed by atoms with Crippen LogP contribution in [0, 0.1) is 0 Å². The Morgan fingerprint density at radius 2 is 1.68 bits per heavy atom. The zero-order chi connectivity index (χ0) is 20.9. The van der Waals surface area contributed by atoms with Gasteiger partial charge in [0.05, 0.1) is 17.7 Å². The number of hydrogen-bond donors (Lipinski definition) is 1. The van der Waals surface area contributed by atoms with Crippen molar-refractivity contribution in [1.29, 1.82) is 0 Å². The molecule has 150 valence electrons. The quantitative estimate of drug-likeness (QED) is 0.523. The number of nitrogens with one attached hydrogen (secondary N) is 1. The highest BCUT2D eigenvalue weighted by molar-refractivity contribution is 9.10. The Balaban J connectivity index is 1.94. The molecular formula is C20H24BrN3O3S. The lowest BCUT2D eigenvalue weighted by Gasteiger charge is -2.18. The molecule has 2 aromatic carbocycles. The number of amides is 1. The molecule has 2 rings (SSSR count). The average molecular weight is 466 g/mol. The van der Waals surface area contributed by atoms with E-state index in [1.807, 2.05) is 24.3 Å². The highest BCUT2D eigenvalue weighted by atomic mass is 79.9. The predicted molar refractivity (Wildman–Crippen MR) is 115 cm³/mol. The summed E-state index contributed by atoms with van der Waals surface area (Å²) in [6, 6.07) is 14.1. The Morgan fingerprint density at radius 1 is 1.11 bits per heavy atom. The summed E-state index contributed by atoms with van der Waals surface area (Å²) in [7, 11) is -2.39. The Morgan fingerprint density at radius 3 is 2.21 bits per heavy atom. The van der Waals surface area contributed by atoms with Crippen molar-refractivity contribution < 1.29 is 13.2 Å². The summed E-state index contributed by atoms with van der Waals surface area (Å²) in [6.45, 7) is 6.07. The summed E-state index contributed by atoms with van der Waals surface area (Å²) in [6.07, 6.45) is 1.52. The fourth-order valence-electron chi connectivity index (χ4n) is 2.36. The van der Waals surface area contributed by atoms with Gasteiger partial charge in [-0.15, -0.1) is 0 Å². The molecular weight excluding hydrogens is 442 g/mol. The van der Waals surface area contributed by atoms with E-state index in [9.17, 15) is 13.2 Å². The van der Waals surface area contributed by atoms with Gasteiger partial charge in [-0.1, -0.05) is 61.0 Å². The van der Waals surface area contributed by atoms with Gasteiger partial charge >= 0.3 is 0 Å². The number of sulfonamides is 1. The van der Waals surface area contributed by atoms with Crippen LogP contribution in [0.15, 0.2) is 63.0 Å². The van der Waals surface area contributed by atoms with Crippen molar-refractivity contribution >= 4 is 38.1 Å². The molecule has 8 heteroatoms. The number of benzene rings is 2. The van der Waals surface area contributed by atoms with Gasteiger partial charge < -0.3 is 0 Å². The molecule has 6 nitrogen and oxygen atoms in total. The molecule has 1 amide bonds. The molecule has 0 saturated carbocycles. The first-order chi connectivity index (χ1) is 13.0. The van der Waals surface area contributed by atoms with Gasteiger partial charge in [0.1, 0.15) is 0 Å². The van der Waals surface area contributed by atoms with Crippen LogP contribution >= 0.6 is 15.9 Å². The Kier molecular flexibility index (Phi) is 7.14. The first kappa shape index (κ1) is 22.3. The number of carbonyl (C=O) groups excluding carboxylic acids is 1. The van der Waals surface area contributed by atoms with E-state index in [1.165, 1.54) is 31.0 Å². The summed E-state index contributed by atoms with van der Waals surface area (Å²) in [4.78, 5) is 12.1. The molecule has 0 heterocycles. The molecule has 0 aromatic heterocycles. The Hall–Kier alpha value is -2.03. The molecule has 28 heavy (non-hydrogen) atoms. The third-order valence-corrected chi connectivity index (χ3v) is 6.41. The van der Waals surface area contributed by atoms with Crippen molar-refractivity contribution in [2.75, 3.05) is 13.6 Å². The summed E-state index contributed by atoms with van der Waals surface area (Å²) in [5.41, 5.74) is 4.46. The Labute approximate surface area is 174 Å². The fourth-order valence-corrected chi connectivity index (χ4v) is 3.75. The number of likely N-dealkylation sites (N-methyl/N-ethyl adjacent to an activating group) is 1. The Bertz CT molecular complexity index is 948. The van der Waals surface area contributed by atoms with E-state index in [2.05, 4.69) is 47.2 Å². The molecule has 0 unspecified atom stereocenters. The number of carbonyl (C=O) groups is 1. The second-order valence-electron chi connectivity index (χ2n) is 7.38. The first-order valence-electron chi connectivity index (χ1n) is 8.64. The van der Waals surface area contributed by atoms with Crippen molar-refractivity contribution in [1.82, 2.24) is 9.73 Å². The number of hydrazone groups is 1. The van der Waals surface area contributed by atoms with Crippen LogP contribution in [0.5, 0.6) is 0 Å². The molecule has 0 spiro atoms. The molecule has 0 aliphatic rings. The van der Waals surface area contributed by atoms with Gasteiger partial charge in [0.15, 0.2) is 0 Å². The minimum Gasteiger partial charge on any atom is -0.272 e. The van der Waals surface area contributed by atoms with Gasteiger partial charge in [-0.05, 0) is 40.8 Å². The molecule has 0 fully saturated rings. The van der Waals surface area contributed by atoms with Gasteiger partial charge in [-0.25, -0.2) is 13.8 Å². The minimum absolute atomic E-state index is 0.0643. The highest BCUT2D eigenvalue weighted by Gasteiger charge is 2.22. The number of nitrogens with zero attached hydrogens (tertiary/aromatic N) is 2. The van der Waals surface area contributed by atoms with E-state index in [1.54, 1.807) is 12.1 Å². The van der Waals surface area contributed by atoms with E-state index in [-0.39, 0.29) is 16.9 Å². The standard InChI is InChI=1S/C20H24BrN3O3S/c1-20(2,3)16-7-5-15(6-8-16)13-22-23-19(25)14-24(4)28(26,27)18-11-9-17(21)10-12-18/h5-13H,14H2,1-4H3,(H,23,25)/b22-13-. The largest absolute Gasteiger partial charge is 0.272 e. The lowest BCUT2D eigenvalue weighted by atomic mass is 9.87. The van der Waals surface area contributed by atoms with Gasteiger partial charge in [-0.3, -0.25) is 4.79 Å². The van der Waals surface area contributed by atoms with Gasteiger partial charge in [0, 0.05) is 11.5 Å². The maximum atomic E-state index is 12.5. The van der Waals surface area contributed by atoms with Crippen molar-refractivity contribution in [2.24, 2.45) is 5.10 Å². The maximum absolute atomic E-state index is 12.5. The fraction of sp³-hybridized carbons (Fsp3) is 0.300. The summed E-state index contributed by atoms with van der Waals surface area (Å²) in [5.74, 6) is -0.522. The van der Waals surface area contributed by atoms with Crippen LogP contribution in [0.4, 0.5) is 0 Å². The molecule has 2 aromatic rings. The highest BCUT2D eigenvalue weighted by Crippen LogP contribution is 2.21. The summed E-state index contributed by atoms with van der Waals surface area (Å²) in [5, 5.41) is 3.90. The SMILES string of the molecule is CN(CC(=O)N/N=C\c1ccc(C(C)(C)C)cc1)S(=O)(=O)c1ccc(Br)cc1. The van der Waals surface area contributed by atoms with Crippen LogP contribution in [0.2, 0.25) is 0 Å². The van der Waals surface area contributed by atoms with Crippen molar-refractivity contribution in [3.8, 4) is 0 Å². The average Bonchev–Trinajstić information content (AvgIpc) is 2.61. The van der Waals surface area contributed by atoms with E-state index in [0.717, 1.165) is 14.3 Å². The second-order valence-corrected chi connectivity index (χ2v) is 10.3. The van der Waals surface area contributed by atoms with E-state index < -0.39 is 15.9 Å². The molecule has 0 bridgehead atoms. The lowest BCUT2D eigenvalue weighted by Crippen LogP contribution is -2.36. The zero-order valence-electron chi connectivity index (χ0n) is 16.3. The van der Waals surface area contributed by atoms with Crippen LogP contribution in [-0.2, 0) is 20.2 Å². The van der Waals surface area contributed by atoms with Gasteiger partial charge in [-0.2, -0.15) is 9.41 Å². The van der Waals surface area contributed by atoms with Crippen molar-refractivity contribution in [3.05, 3.63) is 64.1 Å². The van der Waals surface area contributed by atoms with E-state index >= 15 is 0 Å². The van der Waals surface area contributed by atoms with Crippen molar-refractivity contribution in [3.63, 3.8) is 0 Å². The van der Waals surface area contributed by atoms with Crippen LogP contribution in [0.3, 0.4) is 0 Å². The summed E-state index contributed by atoms with van der Waals surface area (Å²) >= 11 is 3.26. The molecule has 1 N–H and O–H groups in total. The summed E-state index contributed by atoms with van der Waals surface area (Å²) < 4.78 is 26.7. The predicted octanol–water partition coefficient (Wildman–Crippen LogP) is 3.52. The third kappa shape index (κ3) is 5.98. The van der Waals surface area contributed by atoms with Crippen molar-refractivity contribution in [2.45, 2.75) is 31.1 Å². The third-order valence-electron chi connectivity index (χ3n) is 4.07. The zero-order valence-corrected chi connectivity index (χ0v) is 18.7. The molecule has 0 atom stereocenters. The first-order valence-corrected chi connectivity index (χ1v) is 10.9. The molecule has 0 aliphatic carbocycles. The van der Waals surface area contributed by atoms with E-state index in [0.29, 0.717) is 0 Å². The number of hydrogen-bond acceptors (Lipinski definition) is 4. The smallest absolute Gasteiger partial charge is 0.255 e. The maximum Gasteiger partial charge on any atom is 0.255 e. The number of halogens is 1. The lowest BCUT2D eigenvalue weighted by molar-refractivity contribution is -0.121. The minimum atomic E-state index is -3.75. The molecule has 0 aliphatic heterocycles. The van der Waals surface area contributed by atoms with Crippen LogP contribution < -0.4 is 5.43 Å². The van der Waals surface area contributed by atoms with Crippen LogP contribution in [-0.4, -0.2) is 38.4 Å². The molecule has 0 radical (unpaired) electrons. The van der Waals surface area contributed by atoms with Crippen LogP contribution in [0.25, 0.3) is 0 Å². The monoisotopic (exact) mass is 465 g/mol.